The van der Waals surface area contributed by atoms with Crippen LogP contribution in [0.5, 0.6) is 0 Å². The van der Waals surface area contributed by atoms with E-state index >= 15 is 0 Å². The molecule has 142 valence electrons. The number of anilines is 1. The summed E-state index contributed by atoms with van der Waals surface area (Å²) in [7, 11) is -7.64. The van der Waals surface area contributed by atoms with E-state index in [1.807, 2.05) is 0 Å². The van der Waals surface area contributed by atoms with Crippen LogP contribution in [0.15, 0.2) is 38.5 Å². The van der Waals surface area contributed by atoms with Gasteiger partial charge in [-0.05, 0) is 37.1 Å². The van der Waals surface area contributed by atoms with Gasteiger partial charge in [0.15, 0.2) is 5.03 Å². The fourth-order valence-electron chi connectivity index (χ4n) is 2.48. The van der Waals surface area contributed by atoms with Gasteiger partial charge >= 0.3 is 0 Å². The molecule has 1 aliphatic heterocycles. The Bertz CT molecular complexity index is 994. The van der Waals surface area contributed by atoms with Gasteiger partial charge in [-0.15, -0.1) is 0 Å². The van der Waals surface area contributed by atoms with Gasteiger partial charge in [0.05, 0.1) is 11.0 Å². The number of thiazole rings is 1. The van der Waals surface area contributed by atoms with Crippen molar-refractivity contribution in [2.75, 3.05) is 24.7 Å². The van der Waals surface area contributed by atoms with Crippen LogP contribution in [-0.4, -0.2) is 47.3 Å². The Morgan fingerprint density at radius 2 is 1.96 bits per heavy atom. The molecule has 3 rings (SSSR count). The lowest BCUT2D eigenvalue weighted by Crippen LogP contribution is -2.19. The van der Waals surface area contributed by atoms with Crippen molar-refractivity contribution in [1.29, 1.82) is 0 Å². The Labute approximate surface area is 161 Å². The summed E-state index contributed by atoms with van der Waals surface area (Å²) in [6.45, 7) is 1.05. The Morgan fingerprint density at radius 1 is 1.27 bits per heavy atom. The smallest absolute Gasteiger partial charge is 0.226 e. The molecule has 0 bridgehead atoms. The van der Waals surface area contributed by atoms with Gasteiger partial charge in [0, 0.05) is 24.4 Å². The highest BCUT2D eigenvalue weighted by Gasteiger charge is 2.29. The highest BCUT2D eigenvalue weighted by atomic mass is 35.5. The van der Waals surface area contributed by atoms with Crippen molar-refractivity contribution < 1.29 is 21.6 Å². The molecule has 0 unspecified atom stereocenters. The van der Waals surface area contributed by atoms with Crippen LogP contribution < -0.4 is 5.32 Å². The van der Waals surface area contributed by atoms with Crippen LogP contribution in [0.3, 0.4) is 0 Å². The van der Waals surface area contributed by atoms with E-state index in [1.54, 1.807) is 0 Å². The second kappa shape index (κ2) is 7.43. The van der Waals surface area contributed by atoms with Crippen molar-refractivity contribution >= 4 is 47.6 Å². The van der Waals surface area contributed by atoms with Crippen LogP contribution in [-0.2, 0) is 24.4 Å². The van der Waals surface area contributed by atoms with Crippen LogP contribution in [0.4, 0.5) is 5.00 Å². The molecule has 1 aromatic carbocycles. The number of nitrogens with zero attached hydrogens (tertiary/aromatic N) is 1. The number of halogens is 1. The Balaban J connectivity index is 2.00. The first-order valence-corrected chi connectivity index (χ1v) is 12.3. The Kier molecular flexibility index (Phi) is 5.59. The minimum atomic E-state index is -4.00. The molecule has 1 N–H and O–H groups in total. The number of benzene rings is 1. The molecule has 1 fully saturated rings. The first kappa shape index (κ1) is 19.6. The minimum Gasteiger partial charge on any atom is -0.376 e. The molecule has 26 heavy (non-hydrogen) atoms. The molecule has 1 aliphatic rings. The van der Waals surface area contributed by atoms with E-state index in [2.05, 4.69) is 10.3 Å². The van der Waals surface area contributed by atoms with E-state index in [0.717, 1.165) is 30.4 Å². The fourth-order valence-corrected chi connectivity index (χ4v) is 6.13. The number of ether oxygens (including phenoxy) is 1. The second-order valence-corrected chi connectivity index (χ2v) is 11.3. The molecule has 1 aromatic heterocycles. The zero-order valence-electron chi connectivity index (χ0n) is 13.8. The van der Waals surface area contributed by atoms with Gasteiger partial charge in [-0.1, -0.05) is 22.9 Å². The summed E-state index contributed by atoms with van der Waals surface area (Å²) in [4.78, 5) is 3.90. The molecule has 11 heteroatoms. The van der Waals surface area contributed by atoms with Gasteiger partial charge in [0.25, 0.3) is 0 Å². The van der Waals surface area contributed by atoms with Crippen molar-refractivity contribution in [2.24, 2.45) is 0 Å². The van der Waals surface area contributed by atoms with Crippen LogP contribution in [0.25, 0.3) is 0 Å². The fraction of sp³-hybridized carbons (Fsp3) is 0.400. The van der Waals surface area contributed by atoms with Crippen molar-refractivity contribution in [1.82, 2.24) is 4.98 Å². The summed E-state index contributed by atoms with van der Waals surface area (Å²) in [5.41, 5.74) is 0. The summed E-state index contributed by atoms with van der Waals surface area (Å²) in [5.74, 6) is 0. The van der Waals surface area contributed by atoms with E-state index in [4.69, 9.17) is 16.3 Å². The molecule has 2 heterocycles. The molecule has 2 aromatic rings. The highest BCUT2D eigenvalue weighted by Crippen LogP contribution is 2.35. The van der Waals surface area contributed by atoms with E-state index in [0.29, 0.717) is 18.2 Å². The summed E-state index contributed by atoms with van der Waals surface area (Å²) in [6.07, 6.45) is 2.77. The van der Waals surface area contributed by atoms with E-state index in [-0.39, 0.29) is 25.4 Å². The van der Waals surface area contributed by atoms with Crippen LogP contribution in [0.2, 0.25) is 5.02 Å². The standard InChI is InChI=1S/C15H17ClN2O5S3/c1-25(19,20)15-18-14(13(24-15)17-9-11-3-2-8-23-11)26(21,22)12-6-4-10(16)5-7-12/h4-7,11,17H,2-3,8-9H2,1H3/t11-/m1/s1. The third-order valence-electron chi connectivity index (χ3n) is 3.79. The van der Waals surface area contributed by atoms with Gasteiger partial charge in [-0.3, -0.25) is 0 Å². The van der Waals surface area contributed by atoms with Gasteiger partial charge in [0.1, 0.15) is 5.00 Å². The monoisotopic (exact) mass is 436 g/mol. The Morgan fingerprint density at radius 3 is 2.54 bits per heavy atom. The molecule has 0 amide bonds. The number of hydrogen-bond acceptors (Lipinski definition) is 8. The zero-order valence-corrected chi connectivity index (χ0v) is 17.0. The number of hydrogen-bond donors (Lipinski definition) is 1. The first-order valence-electron chi connectivity index (χ1n) is 7.75. The quantitative estimate of drug-likeness (QED) is 0.742. The summed E-state index contributed by atoms with van der Waals surface area (Å²) in [5, 5.41) is 3.28. The lowest BCUT2D eigenvalue weighted by atomic mass is 10.2. The molecule has 1 atom stereocenters. The molecule has 0 saturated carbocycles. The van der Waals surface area contributed by atoms with Crippen LogP contribution in [0, 0.1) is 0 Å². The maximum atomic E-state index is 12.9. The summed E-state index contributed by atoms with van der Waals surface area (Å²) >= 11 is 6.61. The highest BCUT2D eigenvalue weighted by molar-refractivity contribution is 7.93. The molecule has 7 nitrogen and oxygen atoms in total. The van der Waals surface area contributed by atoms with Gasteiger partial charge in [0.2, 0.25) is 24.0 Å². The second-order valence-electron chi connectivity index (χ2n) is 5.86. The maximum absolute atomic E-state index is 12.9. The molecular formula is C15H17ClN2O5S3. The predicted molar refractivity (Wildman–Crippen MR) is 99.6 cm³/mol. The van der Waals surface area contributed by atoms with E-state index in [9.17, 15) is 16.8 Å². The average Bonchev–Trinajstić information content (AvgIpc) is 3.22. The van der Waals surface area contributed by atoms with Crippen molar-refractivity contribution in [2.45, 2.75) is 33.2 Å². The SMILES string of the molecule is CS(=O)(=O)c1nc(S(=O)(=O)c2ccc(Cl)cc2)c(NC[C@H]2CCCO2)s1. The molecule has 1 saturated heterocycles. The lowest BCUT2D eigenvalue weighted by Gasteiger charge is -2.11. The van der Waals surface area contributed by atoms with Gasteiger partial charge in [-0.25, -0.2) is 21.8 Å². The van der Waals surface area contributed by atoms with Gasteiger partial charge in [-0.2, -0.15) is 0 Å². The van der Waals surface area contributed by atoms with Crippen LogP contribution >= 0.6 is 22.9 Å². The third-order valence-corrected chi connectivity index (χ3v) is 8.56. The molecule has 0 spiro atoms. The third kappa shape index (κ3) is 4.20. The number of nitrogens with one attached hydrogen (secondary N) is 1. The van der Waals surface area contributed by atoms with Crippen molar-refractivity contribution in [3.8, 4) is 0 Å². The number of aromatic nitrogens is 1. The Hall–Kier alpha value is -1.20. The topological polar surface area (TPSA) is 102 Å². The van der Waals surface area contributed by atoms with E-state index in [1.165, 1.54) is 24.3 Å². The summed E-state index contributed by atoms with van der Waals surface area (Å²) < 4.78 is 54.8. The molecule has 0 radical (unpaired) electrons. The number of rotatable bonds is 6. The van der Waals surface area contributed by atoms with Crippen LogP contribution in [0.1, 0.15) is 12.8 Å². The van der Waals surface area contributed by atoms with E-state index < -0.39 is 19.7 Å². The predicted octanol–water partition coefficient (Wildman–Crippen LogP) is 2.62. The lowest BCUT2D eigenvalue weighted by molar-refractivity contribution is 0.120. The van der Waals surface area contributed by atoms with Crippen molar-refractivity contribution in [3.05, 3.63) is 29.3 Å². The molecule has 0 aliphatic carbocycles. The average molecular weight is 437 g/mol. The number of sulfone groups is 2. The largest absolute Gasteiger partial charge is 0.376 e. The maximum Gasteiger partial charge on any atom is 0.226 e. The minimum absolute atomic E-state index is 0.00702. The normalized spacial score (nSPS) is 18.2. The first-order chi connectivity index (χ1) is 12.2. The summed E-state index contributed by atoms with van der Waals surface area (Å²) in [6, 6.07) is 5.64. The van der Waals surface area contributed by atoms with Crippen molar-refractivity contribution in [3.63, 3.8) is 0 Å². The zero-order chi connectivity index (χ0) is 18.9. The van der Waals surface area contributed by atoms with Gasteiger partial charge < -0.3 is 10.1 Å². The molecular weight excluding hydrogens is 420 g/mol.